The molecule has 0 fully saturated rings. The molecule has 0 radical (unpaired) electrons. The molecule has 0 unspecified atom stereocenters. The SMILES string of the molecule is Cc1ccc(OC[C@H](C)NC(=S)Nc2cccc(F)c2)cc1C. The molecule has 0 aliphatic heterocycles. The molecule has 0 saturated heterocycles. The fraction of sp³-hybridized carbons (Fsp3) is 0.278. The summed E-state index contributed by atoms with van der Waals surface area (Å²) in [7, 11) is 0. The third-order valence-corrected chi connectivity index (χ3v) is 3.66. The Morgan fingerprint density at radius 3 is 2.65 bits per heavy atom. The van der Waals surface area contributed by atoms with Gasteiger partial charge in [0.15, 0.2) is 5.11 Å². The molecule has 122 valence electrons. The van der Waals surface area contributed by atoms with E-state index in [-0.39, 0.29) is 11.9 Å². The summed E-state index contributed by atoms with van der Waals surface area (Å²) in [5.74, 6) is 0.537. The van der Waals surface area contributed by atoms with Crippen LogP contribution in [0.1, 0.15) is 18.1 Å². The average Bonchev–Trinajstić information content (AvgIpc) is 2.48. The molecule has 1 atom stereocenters. The molecule has 2 rings (SSSR count). The quantitative estimate of drug-likeness (QED) is 0.804. The Kier molecular flexibility index (Phi) is 5.93. The Hall–Kier alpha value is -2.14. The molecule has 2 aromatic carbocycles. The minimum Gasteiger partial charge on any atom is -0.491 e. The number of anilines is 1. The van der Waals surface area contributed by atoms with E-state index in [4.69, 9.17) is 17.0 Å². The minimum absolute atomic E-state index is 0.0187. The maximum atomic E-state index is 13.1. The summed E-state index contributed by atoms with van der Waals surface area (Å²) in [4.78, 5) is 0. The van der Waals surface area contributed by atoms with E-state index in [9.17, 15) is 4.39 Å². The van der Waals surface area contributed by atoms with Crippen molar-refractivity contribution in [3.8, 4) is 5.75 Å². The first-order chi connectivity index (χ1) is 10.9. The monoisotopic (exact) mass is 332 g/mol. The first-order valence-corrected chi connectivity index (χ1v) is 7.88. The molecule has 0 aliphatic carbocycles. The van der Waals surface area contributed by atoms with Crippen LogP contribution in [0.4, 0.5) is 10.1 Å². The van der Waals surface area contributed by atoms with Crippen molar-refractivity contribution in [2.45, 2.75) is 26.8 Å². The number of halogens is 1. The molecule has 0 spiro atoms. The molecule has 0 heterocycles. The number of nitrogens with one attached hydrogen (secondary N) is 2. The fourth-order valence-corrected chi connectivity index (χ4v) is 2.34. The van der Waals surface area contributed by atoms with Crippen molar-refractivity contribution in [2.24, 2.45) is 0 Å². The van der Waals surface area contributed by atoms with Crippen molar-refractivity contribution in [1.82, 2.24) is 5.32 Å². The van der Waals surface area contributed by atoms with E-state index >= 15 is 0 Å². The Morgan fingerprint density at radius 2 is 1.96 bits per heavy atom. The fourth-order valence-electron chi connectivity index (χ4n) is 2.02. The molecule has 0 bridgehead atoms. The highest BCUT2D eigenvalue weighted by Crippen LogP contribution is 2.16. The Balaban J connectivity index is 1.80. The molecule has 3 nitrogen and oxygen atoms in total. The van der Waals surface area contributed by atoms with Gasteiger partial charge in [0.05, 0.1) is 6.04 Å². The van der Waals surface area contributed by atoms with Crippen LogP contribution in [0.2, 0.25) is 0 Å². The Morgan fingerprint density at radius 1 is 1.17 bits per heavy atom. The molecule has 2 N–H and O–H groups in total. The van der Waals surface area contributed by atoms with Gasteiger partial charge in [-0.15, -0.1) is 0 Å². The number of rotatable bonds is 5. The summed E-state index contributed by atoms with van der Waals surface area (Å²) < 4.78 is 18.9. The number of hydrogen-bond donors (Lipinski definition) is 2. The number of benzene rings is 2. The van der Waals surface area contributed by atoms with Crippen LogP contribution in [0, 0.1) is 19.7 Å². The van der Waals surface area contributed by atoms with Crippen molar-refractivity contribution in [2.75, 3.05) is 11.9 Å². The number of hydrogen-bond acceptors (Lipinski definition) is 2. The maximum Gasteiger partial charge on any atom is 0.171 e. The van der Waals surface area contributed by atoms with Crippen molar-refractivity contribution in [1.29, 1.82) is 0 Å². The van der Waals surface area contributed by atoms with Crippen molar-refractivity contribution in [3.05, 3.63) is 59.4 Å². The van der Waals surface area contributed by atoms with E-state index in [1.807, 2.05) is 25.1 Å². The van der Waals surface area contributed by atoms with Gasteiger partial charge in [-0.2, -0.15) is 0 Å². The van der Waals surface area contributed by atoms with Crippen LogP contribution in [0.5, 0.6) is 5.75 Å². The van der Waals surface area contributed by atoms with Gasteiger partial charge in [0.2, 0.25) is 0 Å². The zero-order chi connectivity index (χ0) is 16.8. The van der Waals surface area contributed by atoms with Gasteiger partial charge in [-0.05, 0) is 74.4 Å². The van der Waals surface area contributed by atoms with Gasteiger partial charge >= 0.3 is 0 Å². The molecule has 0 aromatic heterocycles. The molecule has 5 heteroatoms. The van der Waals surface area contributed by atoms with Gasteiger partial charge in [0.1, 0.15) is 18.2 Å². The van der Waals surface area contributed by atoms with E-state index in [0.717, 1.165) is 5.75 Å². The highest BCUT2D eigenvalue weighted by Gasteiger charge is 2.06. The average molecular weight is 332 g/mol. The lowest BCUT2D eigenvalue weighted by Crippen LogP contribution is -2.39. The zero-order valence-electron chi connectivity index (χ0n) is 13.5. The first kappa shape index (κ1) is 17.2. The summed E-state index contributed by atoms with van der Waals surface area (Å²) in [6.07, 6.45) is 0. The lowest BCUT2D eigenvalue weighted by molar-refractivity contribution is 0.287. The van der Waals surface area contributed by atoms with Crippen molar-refractivity contribution >= 4 is 23.0 Å². The third-order valence-electron chi connectivity index (χ3n) is 3.44. The second-order valence-electron chi connectivity index (χ2n) is 5.57. The van der Waals surface area contributed by atoms with Crippen LogP contribution in [-0.4, -0.2) is 17.8 Å². The molecular weight excluding hydrogens is 311 g/mol. The standard InChI is InChI=1S/C18H21FN2OS/c1-12-7-8-17(9-13(12)2)22-11-14(3)20-18(23)21-16-6-4-5-15(19)10-16/h4-10,14H,11H2,1-3H3,(H2,20,21,23)/t14-/m0/s1. The minimum atomic E-state index is -0.302. The predicted octanol–water partition coefficient (Wildman–Crippen LogP) is 4.20. The van der Waals surface area contributed by atoms with E-state index in [0.29, 0.717) is 17.4 Å². The predicted molar refractivity (Wildman–Crippen MR) is 96.6 cm³/mol. The van der Waals surface area contributed by atoms with Crippen LogP contribution >= 0.6 is 12.2 Å². The van der Waals surface area contributed by atoms with Gasteiger partial charge < -0.3 is 15.4 Å². The molecule has 0 aliphatic rings. The van der Waals surface area contributed by atoms with Crippen LogP contribution < -0.4 is 15.4 Å². The van der Waals surface area contributed by atoms with Crippen LogP contribution in [0.3, 0.4) is 0 Å². The van der Waals surface area contributed by atoms with Crippen LogP contribution in [-0.2, 0) is 0 Å². The van der Waals surface area contributed by atoms with E-state index in [1.54, 1.807) is 12.1 Å². The first-order valence-electron chi connectivity index (χ1n) is 7.47. The molecule has 2 aromatic rings. The van der Waals surface area contributed by atoms with E-state index < -0.39 is 0 Å². The second kappa shape index (κ2) is 7.92. The van der Waals surface area contributed by atoms with Crippen LogP contribution in [0.25, 0.3) is 0 Å². The summed E-state index contributed by atoms with van der Waals surface area (Å²) in [6, 6.07) is 12.2. The lowest BCUT2D eigenvalue weighted by Gasteiger charge is -2.18. The van der Waals surface area contributed by atoms with Gasteiger partial charge in [0, 0.05) is 5.69 Å². The molecule has 23 heavy (non-hydrogen) atoms. The lowest BCUT2D eigenvalue weighted by atomic mass is 10.1. The van der Waals surface area contributed by atoms with Crippen LogP contribution in [0.15, 0.2) is 42.5 Å². The van der Waals surface area contributed by atoms with Crippen molar-refractivity contribution in [3.63, 3.8) is 0 Å². The van der Waals surface area contributed by atoms with E-state index in [2.05, 4.69) is 24.5 Å². The number of ether oxygens (including phenoxy) is 1. The normalized spacial score (nSPS) is 11.7. The molecule has 0 amide bonds. The van der Waals surface area contributed by atoms with Gasteiger partial charge in [0.25, 0.3) is 0 Å². The van der Waals surface area contributed by atoms with Gasteiger partial charge in [-0.25, -0.2) is 4.39 Å². The van der Waals surface area contributed by atoms with Gasteiger partial charge in [-0.1, -0.05) is 12.1 Å². The third kappa shape index (κ3) is 5.53. The highest BCUT2D eigenvalue weighted by atomic mass is 32.1. The molecule has 0 saturated carbocycles. The topological polar surface area (TPSA) is 33.3 Å². The second-order valence-corrected chi connectivity index (χ2v) is 5.98. The summed E-state index contributed by atoms with van der Waals surface area (Å²) in [6.45, 7) is 6.58. The van der Waals surface area contributed by atoms with Crippen molar-refractivity contribution < 1.29 is 9.13 Å². The maximum absolute atomic E-state index is 13.1. The summed E-state index contributed by atoms with van der Waals surface area (Å²) in [5.41, 5.74) is 3.06. The zero-order valence-corrected chi connectivity index (χ0v) is 14.3. The summed E-state index contributed by atoms with van der Waals surface area (Å²) >= 11 is 5.22. The summed E-state index contributed by atoms with van der Waals surface area (Å²) in [5, 5.41) is 6.51. The smallest absolute Gasteiger partial charge is 0.171 e. The highest BCUT2D eigenvalue weighted by molar-refractivity contribution is 7.80. The largest absolute Gasteiger partial charge is 0.491 e. The Bertz CT molecular complexity index is 690. The number of thiocarbonyl (C=S) groups is 1. The Labute approximate surface area is 141 Å². The van der Waals surface area contributed by atoms with E-state index in [1.165, 1.54) is 23.3 Å². The number of aryl methyl sites for hydroxylation is 2. The van der Waals surface area contributed by atoms with Gasteiger partial charge in [-0.3, -0.25) is 0 Å². The molecular formula is C18H21FN2OS.